The maximum atomic E-state index is 11.1. The van der Waals surface area contributed by atoms with Crippen LogP contribution in [0.1, 0.15) is 18.4 Å². The fourth-order valence-electron chi connectivity index (χ4n) is 1.35. The minimum absolute atomic E-state index is 0.0878. The lowest BCUT2D eigenvalue weighted by atomic mass is 10.0. The van der Waals surface area contributed by atoms with Crippen molar-refractivity contribution in [2.24, 2.45) is 0 Å². The van der Waals surface area contributed by atoms with Gasteiger partial charge in [-0.25, -0.2) is 0 Å². The van der Waals surface area contributed by atoms with Crippen molar-refractivity contribution in [3.8, 4) is 11.5 Å². The van der Waals surface area contributed by atoms with E-state index in [2.05, 4.69) is 0 Å². The molecule has 0 saturated carbocycles. The zero-order valence-electron chi connectivity index (χ0n) is 9.61. The van der Waals surface area contributed by atoms with E-state index in [-0.39, 0.29) is 11.3 Å². The van der Waals surface area contributed by atoms with Gasteiger partial charge in [-0.2, -0.15) is 8.42 Å². The van der Waals surface area contributed by atoms with Gasteiger partial charge in [0, 0.05) is 0 Å². The zero-order valence-corrected chi connectivity index (χ0v) is 10.4. The van der Waals surface area contributed by atoms with Crippen LogP contribution in [0.4, 0.5) is 0 Å². The number of phenolic OH excluding ortho intramolecular Hbond substituents is 1. The Kier molecular flexibility index (Phi) is 3.82. The van der Waals surface area contributed by atoms with Crippen LogP contribution in [0.5, 0.6) is 11.5 Å². The predicted molar refractivity (Wildman–Crippen MR) is 60.5 cm³/mol. The Bertz CT molecular complexity index is 576. The molecule has 0 heterocycles. The number of methoxy groups -OCH3 is 1. The number of carboxylic acids is 1. The van der Waals surface area contributed by atoms with E-state index in [1.807, 2.05) is 0 Å². The fourth-order valence-corrected chi connectivity index (χ4v) is 1.98. The number of carboxylic acid groups (broad SMARTS) is 1. The molecule has 3 N–H and O–H groups in total. The molecule has 100 valence electrons. The average Bonchev–Trinajstić information content (AvgIpc) is 2.26. The Hall–Kier alpha value is -1.80. The van der Waals surface area contributed by atoms with Crippen LogP contribution in [0.3, 0.4) is 0 Å². The molecule has 0 saturated heterocycles. The number of phenols is 1. The van der Waals surface area contributed by atoms with E-state index in [1.54, 1.807) is 0 Å². The molecule has 18 heavy (non-hydrogen) atoms. The topological polar surface area (TPSA) is 121 Å². The van der Waals surface area contributed by atoms with Gasteiger partial charge >= 0.3 is 5.97 Å². The Morgan fingerprint density at radius 3 is 2.33 bits per heavy atom. The molecular weight excluding hydrogens is 264 g/mol. The number of rotatable bonds is 4. The molecular formula is C10H12O7S. The normalized spacial score (nSPS) is 13.1. The van der Waals surface area contributed by atoms with Crippen LogP contribution in [-0.4, -0.2) is 36.3 Å². The highest BCUT2D eigenvalue weighted by Gasteiger charge is 2.24. The summed E-state index contributed by atoms with van der Waals surface area (Å²) in [4.78, 5) is 10.0. The molecule has 1 aromatic rings. The summed E-state index contributed by atoms with van der Waals surface area (Å²) in [7, 11) is -3.49. The van der Waals surface area contributed by atoms with Crippen molar-refractivity contribution in [2.45, 2.75) is 17.7 Å². The summed E-state index contributed by atoms with van der Waals surface area (Å²) >= 11 is 0. The van der Waals surface area contributed by atoms with Crippen molar-refractivity contribution in [3.63, 3.8) is 0 Å². The second kappa shape index (κ2) is 4.83. The first kappa shape index (κ1) is 14.3. The molecule has 0 aliphatic carbocycles. The number of hydrogen-bond acceptors (Lipinski definition) is 5. The fraction of sp³-hybridized carbons (Fsp3) is 0.300. The third kappa shape index (κ3) is 2.71. The third-order valence-electron chi connectivity index (χ3n) is 2.43. The highest BCUT2D eigenvalue weighted by molar-refractivity contribution is 7.86. The van der Waals surface area contributed by atoms with Crippen LogP contribution in [0.15, 0.2) is 17.0 Å². The molecule has 1 atom stereocenters. The van der Waals surface area contributed by atoms with Crippen LogP contribution in [-0.2, 0) is 14.9 Å². The standard InChI is InChI=1S/C10H12O7S/c1-5(10(12)13)6-3-7(17-2)9(11)8(4-6)18(14,15)16/h3-5,11H,1-2H3,(H,12,13)(H,14,15,16). The summed E-state index contributed by atoms with van der Waals surface area (Å²) in [5.74, 6) is -3.18. The smallest absolute Gasteiger partial charge is 0.310 e. The maximum absolute atomic E-state index is 11.1. The minimum Gasteiger partial charge on any atom is -0.503 e. The highest BCUT2D eigenvalue weighted by Crippen LogP contribution is 2.36. The molecule has 1 rings (SSSR count). The predicted octanol–water partition coefficient (Wildman–Crippen LogP) is 0.836. The summed E-state index contributed by atoms with van der Waals surface area (Å²) in [6.07, 6.45) is 0. The molecule has 1 aromatic carbocycles. The monoisotopic (exact) mass is 276 g/mol. The van der Waals surface area contributed by atoms with Crippen LogP contribution in [0, 0.1) is 0 Å². The SMILES string of the molecule is COc1cc(C(C)C(=O)O)cc(S(=O)(=O)O)c1O. The Balaban J connectivity index is 3.55. The van der Waals surface area contributed by atoms with Gasteiger partial charge in [0.2, 0.25) is 0 Å². The van der Waals surface area contributed by atoms with Crippen LogP contribution < -0.4 is 4.74 Å². The zero-order chi connectivity index (χ0) is 14.1. The van der Waals surface area contributed by atoms with Gasteiger partial charge in [0.25, 0.3) is 10.1 Å². The van der Waals surface area contributed by atoms with Crippen molar-refractivity contribution >= 4 is 16.1 Å². The second-order valence-electron chi connectivity index (χ2n) is 3.60. The largest absolute Gasteiger partial charge is 0.503 e. The molecule has 0 aliphatic heterocycles. The van der Waals surface area contributed by atoms with Gasteiger partial charge in [-0.05, 0) is 24.6 Å². The lowest BCUT2D eigenvalue weighted by molar-refractivity contribution is -0.138. The van der Waals surface area contributed by atoms with Gasteiger partial charge in [-0.15, -0.1) is 0 Å². The Morgan fingerprint density at radius 2 is 1.94 bits per heavy atom. The number of benzene rings is 1. The molecule has 0 spiro atoms. The number of hydrogen-bond donors (Lipinski definition) is 3. The number of aromatic hydroxyl groups is 1. The van der Waals surface area contributed by atoms with Crippen molar-refractivity contribution in [1.82, 2.24) is 0 Å². The summed E-state index contributed by atoms with van der Waals surface area (Å²) in [5, 5.41) is 18.4. The van der Waals surface area contributed by atoms with E-state index >= 15 is 0 Å². The summed E-state index contributed by atoms with van der Waals surface area (Å²) in [6.45, 7) is 1.34. The van der Waals surface area contributed by atoms with E-state index in [1.165, 1.54) is 20.1 Å². The van der Waals surface area contributed by atoms with Crippen LogP contribution in [0.2, 0.25) is 0 Å². The molecule has 1 unspecified atom stereocenters. The highest BCUT2D eigenvalue weighted by atomic mass is 32.2. The molecule has 7 nitrogen and oxygen atoms in total. The molecule has 0 bridgehead atoms. The van der Waals surface area contributed by atoms with Gasteiger partial charge < -0.3 is 14.9 Å². The van der Waals surface area contributed by atoms with Crippen molar-refractivity contribution in [3.05, 3.63) is 17.7 Å². The quantitative estimate of drug-likeness (QED) is 0.696. The number of aliphatic carboxylic acids is 1. The summed E-state index contributed by atoms with van der Waals surface area (Å²) in [5.41, 5.74) is 0.0878. The molecule has 0 fully saturated rings. The molecule has 0 radical (unpaired) electrons. The van der Waals surface area contributed by atoms with Gasteiger partial charge in [0.15, 0.2) is 11.5 Å². The van der Waals surface area contributed by atoms with Crippen molar-refractivity contribution in [1.29, 1.82) is 0 Å². The van der Waals surface area contributed by atoms with Crippen LogP contribution >= 0.6 is 0 Å². The Morgan fingerprint density at radius 1 is 1.39 bits per heavy atom. The van der Waals surface area contributed by atoms with E-state index in [0.29, 0.717) is 0 Å². The van der Waals surface area contributed by atoms with Gasteiger partial charge in [0.1, 0.15) is 4.90 Å². The van der Waals surface area contributed by atoms with E-state index in [0.717, 1.165) is 6.07 Å². The third-order valence-corrected chi connectivity index (χ3v) is 3.30. The first-order valence-corrected chi connectivity index (χ1v) is 6.23. The van der Waals surface area contributed by atoms with Crippen molar-refractivity contribution < 1.29 is 32.7 Å². The molecule has 0 aliphatic rings. The second-order valence-corrected chi connectivity index (χ2v) is 4.99. The van der Waals surface area contributed by atoms with Gasteiger partial charge in [-0.3, -0.25) is 9.35 Å². The Labute approximate surface area is 103 Å². The van der Waals surface area contributed by atoms with E-state index in [9.17, 15) is 18.3 Å². The minimum atomic E-state index is -4.67. The molecule has 0 amide bonds. The number of ether oxygens (including phenoxy) is 1. The maximum Gasteiger partial charge on any atom is 0.310 e. The van der Waals surface area contributed by atoms with Gasteiger partial charge in [0.05, 0.1) is 13.0 Å². The molecule has 8 heteroatoms. The van der Waals surface area contributed by atoms with Crippen molar-refractivity contribution in [2.75, 3.05) is 7.11 Å². The van der Waals surface area contributed by atoms with Crippen LogP contribution in [0.25, 0.3) is 0 Å². The summed E-state index contributed by atoms with van der Waals surface area (Å²) < 4.78 is 35.8. The molecule has 0 aromatic heterocycles. The lowest BCUT2D eigenvalue weighted by Crippen LogP contribution is -2.09. The first-order valence-electron chi connectivity index (χ1n) is 4.79. The lowest BCUT2D eigenvalue weighted by Gasteiger charge is -2.12. The number of carbonyl (C=O) groups is 1. The summed E-state index contributed by atoms with van der Waals surface area (Å²) in [6, 6.07) is 2.09. The van der Waals surface area contributed by atoms with Gasteiger partial charge in [-0.1, -0.05) is 0 Å². The average molecular weight is 276 g/mol. The first-order chi connectivity index (χ1) is 8.18. The van der Waals surface area contributed by atoms with E-state index < -0.39 is 32.7 Å². The van der Waals surface area contributed by atoms with E-state index in [4.69, 9.17) is 14.4 Å².